The summed E-state index contributed by atoms with van der Waals surface area (Å²) in [5, 5.41) is 5.53. The van der Waals surface area contributed by atoms with Gasteiger partial charge in [0.1, 0.15) is 0 Å². The quantitative estimate of drug-likeness (QED) is 0.790. The Labute approximate surface area is 100 Å². The first kappa shape index (κ1) is 11.0. The minimum absolute atomic E-state index is 0.295. The van der Waals surface area contributed by atoms with E-state index in [9.17, 15) is 0 Å². The third-order valence-electron chi connectivity index (χ3n) is 2.67. The van der Waals surface area contributed by atoms with Gasteiger partial charge in [0.25, 0.3) is 0 Å². The van der Waals surface area contributed by atoms with Gasteiger partial charge in [0, 0.05) is 4.88 Å². The lowest BCUT2D eigenvalue weighted by Crippen LogP contribution is -2.07. The van der Waals surface area contributed by atoms with Crippen molar-refractivity contribution >= 4 is 22.7 Å². The number of rotatable bonds is 3. The summed E-state index contributed by atoms with van der Waals surface area (Å²) in [5.74, 6) is 0. The molecule has 0 saturated carbocycles. The molecule has 1 heterocycles. The zero-order chi connectivity index (χ0) is 11.5. The molecule has 3 heteroatoms. The number of hydrogen-bond donors (Lipinski definition) is 2. The molecular weight excluding hydrogens is 216 g/mol. The Morgan fingerprint density at radius 1 is 1.25 bits per heavy atom. The molecule has 2 aromatic rings. The standard InChI is InChI=1S/C13H16N2S/c1-9-5-3-6-11(13(9)14)15-10(2)12-7-4-8-16-12/h3-8,10,15H,14H2,1-2H3. The van der Waals surface area contributed by atoms with E-state index in [-0.39, 0.29) is 0 Å². The molecule has 1 unspecified atom stereocenters. The van der Waals surface area contributed by atoms with Crippen LogP contribution in [-0.2, 0) is 0 Å². The van der Waals surface area contributed by atoms with E-state index in [0.29, 0.717) is 6.04 Å². The highest BCUT2D eigenvalue weighted by molar-refractivity contribution is 7.10. The van der Waals surface area contributed by atoms with E-state index in [2.05, 4.69) is 29.8 Å². The fourth-order valence-corrected chi connectivity index (χ4v) is 2.38. The molecule has 0 saturated heterocycles. The fourth-order valence-electron chi connectivity index (χ4n) is 1.65. The van der Waals surface area contributed by atoms with Crippen LogP contribution in [0.15, 0.2) is 35.7 Å². The van der Waals surface area contributed by atoms with Crippen molar-refractivity contribution in [3.05, 3.63) is 46.2 Å². The Morgan fingerprint density at radius 3 is 2.75 bits per heavy atom. The number of thiophene rings is 1. The van der Waals surface area contributed by atoms with Crippen LogP contribution in [0.25, 0.3) is 0 Å². The second-order valence-corrected chi connectivity index (χ2v) is 4.90. The lowest BCUT2D eigenvalue weighted by atomic mass is 10.1. The smallest absolute Gasteiger partial charge is 0.0581 e. The number of para-hydroxylation sites is 1. The highest BCUT2D eigenvalue weighted by Crippen LogP contribution is 2.28. The molecule has 0 radical (unpaired) electrons. The lowest BCUT2D eigenvalue weighted by molar-refractivity contribution is 0.908. The Hall–Kier alpha value is -1.48. The third-order valence-corrected chi connectivity index (χ3v) is 3.72. The van der Waals surface area contributed by atoms with Gasteiger partial charge in [-0.3, -0.25) is 0 Å². The largest absolute Gasteiger partial charge is 0.397 e. The van der Waals surface area contributed by atoms with E-state index >= 15 is 0 Å². The van der Waals surface area contributed by atoms with Gasteiger partial charge in [-0.15, -0.1) is 11.3 Å². The molecule has 1 aromatic heterocycles. The Morgan fingerprint density at radius 2 is 2.06 bits per heavy atom. The van der Waals surface area contributed by atoms with E-state index in [1.165, 1.54) is 4.88 Å². The predicted molar refractivity (Wildman–Crippen MR) is 71.9 cm³/mol. The molecule has 3 N–H and O–H groups in total. The Bertz CT molecular complexity index is 463. The van der Waals surface area contributed by atoms with Crippen LogP contribution in [0.4, 0.5) is 11.4 Å². The van der Waals surface area contributed by atoms with Gasteiger partial charge in [0.05, 0.1) is 17.4 Å². The zero-order valence-electron chi connectivity index (χ0n) is 9.53. The maximum atomic E-state index is 6.03. The van der Waals surface area contributed by atoms with Crippen LogP contribution in [0.1, 0.15) is 23.4 Å². The number of benzene rings is 1. The highest BCUT2D eigenvalue weighted by atomic mass is 32.1. The number of hydrogen-bond acceptors (Lipinski definition) is 3. The van der Waals surface area contributed by atoms with Crippen LogP contribution in [0.5, 0.6) is 0 Å². The summed E-state index contributed by atoms with van der Waals surface area (Å²) in [4.78, 5) is 1.32. The number of nitrogens with one attached hydrogen (secondary N) is 1. The Balaban J connectivity index is 2.18. The van der Waals surface area contributed by atoms with Gasteiger partial charge in [-0.05, 0) is 36.9 Å². The third kappa shape index (κ3) is 2.19. The minimum atomic E-state index is 0.295. The number of nitrogens with two attached hydrogens (primary N) is 1. The maximum absolute atomic E-state index is 6.03. The van der Waals surface area contributed by atoms with E-state index in [1.54, 1.807) is 11.3 Å². The van der Waals surface area contributed by atoms with E-state index in [1.807, 2.05) is 25.1 Å². The summed E-state index contributed by atoms with van der Waals surface area (Å²) in [6.07, 6.45) is 0. The topological polar surface area (TPSA) is 38.0 Å². The molecule has 2 nitrogen and oxygen atoms in total. The first-order valence-corrected chi connectivity index (χ1v) is 6.21. The first-order chi connectivity index (χ1) is 7.68. The summed E-state index contributed by atoms with van der Waals surface area (Å²) in [6.45, 7) is 4.17. The van der Waals surface area contributed by atoms with Crippen molar-refractivity contribution in [2.24, 2.45) is 0 Å². The highest BCUT2D eigenvalue weighted by Gasteiger charge is 2.08. The second-order valence-electron chi connectivity index (χ2n) is 3.92. The summed E-state index contributed by atoms with van der Waals surface area (Å²) >= 11 is 1.76. The zero-order valence-corrected chi connectivity index (χ0v) is 10.3. The van der Waals surface area contributed by atoms with E-state index in [4.69, 9.17) is 5.73 Å². The van der Waals surface area contributed by atoms with Crippen molar-refractivity contribution in [2.75, 3.05) is 11.1 Å². The van der Waals surface area contributed by atoms with Crippen molar-refractivity contribution in [3.8, 4) is 0 Å². The van der Waals surface area contributed by atoms with Crippen LogP contribution in [0, 0.1) is 6.92 Å². The minimum Gasteiger partial charge on any atom is -0.397 e. The van der Waals surface area contributed by atoms with Crippen LogP contribution in [0.3, 0.4) is 0 Å². The molecule has 0 aliphatic rings. The van der Waals surface area contributed by atoms with Gasteiger partial charge in [0.2, 0.25) is 0 Å². The average molecular weight is 232 g/mol. The monoisotopic (exact) mass is 232 g/mol. The van der Waals surface area contributed by atoms with Gasteiger partial charge >= 0.3 is 0 Å². The molecule has 0 aliphatic heterocycles. The van der Waals surface area contributed by atoms with Gasteiger partial charge in [-0.2, -0.15) is 0 Å². The van der Waals surface area contributed by atoms with E-state index in [0.717, 1.165) is 16.9 Å². The van der Waals surface area contributed by atoms with Gasteiger partial charge < -0.3 is 11.1 Å². The van der Waals surface area contributed by atoms with Crippen LogP contribution in [-0.4, -0.2) is 0 Å². The van der Waals surface area contributed by atoms with Gasteiger partial charge in [0.15, 0.2) is 0 Å². The molecule has 0 bridgehead atoms. The van der Waals surface area contributed by atoms with Crippen molar-refractivity contribution in [1.29, 1.82) is 0 Å². The molecule has 0 fully saturated rings. The summed E-state index contributed by atoms with van der Waals surface area (Å²) in [7, 11) is 0. The SMILES string of the molecule is Cc1cccc(NC(C)c2cccs2)c1N. The molecule has 0 amide bonds. The molecule has 1 aromatic carbocycles. The normalized spacial score (nSPS) is 12.4. The van der Waals surface area contributed by atoms with E-state index < -0.39 is 0 Å². The van der Waals surface area contributed by atoms with Crippen LogP contribution >= 0.6 is 11.3 Å². The summed E-state index contributed by atoms with van der Waals surface area (Å²) < 4.78 is 0. The van der Waals surface area contributed by atoms with Crippen molar-refractivity contribution in [3.63, 3.8) is 0 Å². The van der Waals surface area contributed by atoms with Crippen LogP contribution < -0.4 is 11.1 Å². The van der Waals surface area contributed by atoms with Crippen LogP contribution in [0.2, 0.25) is 0 Å². The van der Waals surface area contributed by atoms with Crippen molar-refractivity contribution in [1.82, 2.24) is 0 Å². The average Bonchev–Trinajstić information content (AvgIpc) is 2.78. The number of nitrogen functional groups attached to an aromatic ring is 1. The molecule has 2 rings (SSSR count). The molecule has 16 heavy (non-hydrogen) atoms. The van der Waals surface area contributed by atoms with Crippen molar-refractivity contribution in [2.45, 2.75) is 19.9 Å². The fraction of sp³-hybridized carbons (Fsp3) is 0.231. The van der Waals surface area contributed by atoms with Gasteiger partial charge in [-0.25, -0.2) is 0 Å². The molecule has 1 atom stereocenters. The summed E-state index contributed by atoms with van der Waals surface area (Å²) in [6, 6.07) is 10.6. The van der Waals surface area contributed by atoms with Crippen molar-refractivity contribution < 1.29 is 0 Å². The molecular formula is C13H16N2S. The Kier molecular flexibility index (Phi) is 3.15. The van der Waals surface area contributed by atoms with Gasteiger partial charge in [-0.1, -0.05) is 18.2 Å². The predicted octanol–water partition coefficient (Wildman–Crippen LogP) is 3.81. The maximum Gasteiger partial charge on any atom is 0.0581 e. The molecule has 0 spiro atoms. The first-order valence-electron chi connectivity index (χ1n) is 5.33. The number of anilines is 2. The lowest BCUT2D eigenvalue weighted by Gasteiger charge is -2.16. The molecule has 0 aliphatic carbocycles. The second kappa shape index (κ2) is 4.58. The molecule has 84 valence electrons. The number of aryl methyl sites for hydroxylation is 1. The summed E-state index contributed by atoms with van der Waals surface area (Å²) in [5.41, 5.74) is 8.99.